The quantitative estimate of drug-likeness (QED) is 0.394. The van der Waals surface area contributed by atoms with Gasteiger partial charge in [0.15, 0.2) is 0 Å². The highest BCUT2D eigenvalue weighted by molar-refractivity contribution is 7.21. The van der Waals surface area contributed by atoms with E-state index in [9.17, 15) is 4.79 Å². The van der Waals surface area contributed by atoms with Crippen molar-refractivity contribution in [3.63, 3.8) is 0 Å². The van der Waals surface area contributed by atoms with Crippen LogP contribution in [0, 0.1) is 0 Å². The van der Waals surface area contributed by atoms with E-state index in [1.807, 2.05) is 30.3 Å². The van der Waals surface area contributed by atoms with E-state index in [0.29, 0.717) is 21.8 Å². The van der Waals surface area contributed by atoms with Gasteiger partial charge in [-0.3, -0.25) is 4.79 Å². The molecule has 28 heavy (non-hydrogen) atoms. The lowest BCUT2D eigenvalue weighted by Crippen LogP contribution is -2.11. The Labute approximate surface area is 173 Å². The van der Waals surface area contributed by atoms with E-state index >= 15 is 0 Å². The Hall–Kier alpha value is -2.87. The van der Waals surface area contributed by atoms with Crippen molar-refractivity contribution in [2.45, 2.75) is 0 Å². The molecule has 0 unspecified atom stereocenters. The van der Waals surface area contributed by atoms with Crippen molar-refractivity contribution >= 4 is 67.5 Å². The Bertz CT molecular complexity index is 1310. The van der Waals surface area contributed by atoms with Crippen LogP contribution in [0.1, 0.15) is 10.4 Å². The van der Waals surface area contributed by atoms with Gasteiger partial charge in [0.25, 0.3) is 5.91 Å². The second-order valence-electron chi connectivity index (χ2n) is 6.10. The van der Waals surface area contributed by atoms with Crippen LogP contribution in [0.2, 0.25) is 5.02 Å². The average Bonchev–Trinajstić information content (AvgIpc) is 3.35. The van der Waals surface area contributed by atoms with Crippen molar-refractivity contribution in [1.29, 1.82) is 0 Å². The van der Waals surface area contributed by atoms with E-state index in [4.69, 9.17) is 11.6 Å². The van der Waals surface area contributed by atoms with E-state index in [1.54, 1.807) is 41.7 Å². The average molecular weight is 423 g/mol. The molecule has 0 saturated carbocycles. The Morgan fingerprint density at radius 2 is 1.79 bits per heavy atom. The van der Waals surface area contributed by atoms with Crippen molar-refractivity contribution in [3.8, 4) is 10.6 Å². The predicted molar refractivity (Wildman–Crippen MR) is 115 cm³/mol. The van der Waals surface area contributed by atoms with Gasteiger partial charge in [-0.1, -0.05) is 23.7 Å². The molecule has 5 nitrogen and oxygen atoms in total. The fourth-order valence-corrected chi connectivity index (χ4v) is 4.66. The zero-order valence-corrected chi connectivity index (χ0v) is 16.6. The third-order valence-corrected chi connectivity index (χ3v) is 6.22. The fourth-order valence-electron chi connectivity index (χ4n) is 2.88. The number of rotatable bonds is 3. The number of anilines is 1. The Morgan fingerprint density at radius 1 is 0.929 bits per heavy atom. The van der Waals surface area contributed by atoms with Crippen LogP contribution >= 0.6 is 34.7 Å². The van der Waals surface area contributed by atoms with E-state index in [0.717, 1.165) is 38.0 Å². The predicted octanol–water partition coefficient (Wildman–Crippen LogP) is 5.87. The van der Waals surface area contributed by atoms with Crippen LogP contribution in [-0.4, -0.2) is 19.6 Å². The summed E-state index contributed by atoms with van der Waals surface area (Å²) in [7, 11) is 0. The van der Waals surface area contributed by atoms with Crippen molar-refractivity contribution in [2.75, 3.05) is 5.32 Å². The van der Waals surface area contributed by atoms with Gasteiger partial charge in [0.2, 0.25) is 0 Å². The molecular weight excluding hydrogens is 412 g/mol. The molecule has 0 atom stereocenters. The largest absolute Gasteiger partial charge is 0.322 e. The Balaban J connectivity index is 1.47. The summed E-state index contributed by atoms with van der Waals surface area (Å²) in [5, 5.41) is 4.33. The van der Waals surface area contributed by atoms with Crippen molar-refractivity contribution in [3.05, 3.63) is 71.2 Å². The van der Waals surface area contributed by atoms with Crippen LogP contribution in [0.3, 0.4) is 0 Å². The van der Waals surface area contributed by atoms with Crippen LogP contribution in [0.4, 0.5) is 5.69 Å². The summed E-state index contributed by atoms with van der Waals surface area (Å²) >= 11 is 9.10. The topological polar surface area (TPSA) is 67.8 Å². The van der Waals surface area contributed by atoms with E-state index < -0.39 is 0 Å². The summed E-state index contributed by atoms with van der Waals surface area (Å²) < 4.78 is 9.43. The third kappa shape index (κ3) is 3.13. The number of aromatic nitrogens is 3. The number of fused-ring (bicyclic) bond motifs is 2. The molecule has 1 amide bonds. The minimum atomic E-state index is -0.215. The monoisotopic (exact) mass is 422 g/mol. The fraction of sp³-hybridized carbons (Fsp3) is 0. The molecule has 3 aromatic carbocycles. The number of benzene rings is 3. The number of carbonyl (C=O) groups excluding carboxylic acids is 1. The van der Waals surface area contributed by atoms with Crippen LogP contribution in [-0.2, 0) is 0 Å². The molecule has 0 radical (unpaired) electrons. The Morgan fingerprint density at radius 3 is 2.68 bits per heavy atom. The van der Waals surface area contributed by atoms with Crippen LogP contribution in [0.5, 0.6) is 0 Å². The first-order valence-electron chi connectivity index (χ1n) is 8.36. The molecule has 5 rings (SSSR count). The smallest absolute Gasteiger partial charge is 0.255 e. The van der Waals surface area contributed by atoms with Gasteiger partial charge >= 0.3 is 0 Å². The molecular formula is C20H11ClN4OS2. The maximum absolute atomic E-state index is 12.7. The van der Waals surface area contributed by atoms with Gasteiger partial charge in [-0.15, -0.1) is 11.3 Å². The van der Waals surface area contributed by atoms with Gasteiger partial charge < -0.3 is 5.32 Å². The van der Waals surface area contributed by atoms with Gasteiger partial charge in [-0.2, -0.15) is 8.75 Å². The van der Waals surface area contributed by atoms with Crippen LogP contribution in [0.25, 0.3) is 31.8 Å². The van der Waals surface area contributed by atoms with Gasteiger partial charge in [-0.25, -0.2) is 4.98 Å². The zero-order valence-electron chi connectivity index (χ0n) is 14.2. The highest BCUT2D eigenvalue weighted by atomic mass is 35.5. The first-order valence-corrected chi connectivity index (χ1v) is 10.3. The number of hydrogen-bond donors (Lipinski definition) is 1. The molecule has 0 spiro atoms. The summed E-state index contributed by atoms with van der Waals surface area (Å²) in [5.74, 6) is -0.215. The standard InChI is InChI=1S/C20H11ClN4OS2/c21-14-7-6-12(10-13(14)20-23-16-3-1-2-4-18(16)27-20)22-19(26)11-5-8-15-17(9-11)25-28-24-15/h1-10H,(H,22,26). The summed E-state index contributed by atoms with van der Waals surface area (Å²) in [4.78, 5) is 17.3. The molecule has 2 aromatic heterocycles. The lowest BCUT2D eigenvalue weighted by Gasteiger charge is -2.08. The minimum absolute atomic E-state index is 0.215. The summed E-state index contributed by atoms with van der Waals surface area (Å²) in [6.45, 7) is 0. The van der Waals surface area contributed by atoms with Gasteiger partial charge in [0, 0.05) is 16.8 Å². The van der Waals surface area contributed by atoms with Gasteiger partial charge in [0.1, 0.15) is 16.0 Å². The summed E-state index contributed by atoms with van der Waals surface area (Å²) in [6, 6.07) is 18.6. The highest BCUT2D eigenvalue weighted by Gasteiger charge is 2.13. The normalized spacial score (nSPS) is 11.2. The molecule has 0 aliphatic carbocycles. The Kier molecular flexibility index (Phi) is 4.27. The van der Waals surface area contributed by atoms with Gasteiger partial charge in [-0.05, 0) is 48.5 Å². The lowest BCUT2D eigenvalue weighted by molar-refractivity contribution is 0.102. The summed E-state index contributed by atoms with van der Waals surface area (Å²) in [5.41, 5.74) is 4.39. The highest BCUT2D eigenvalue weighted by Crippen LogP contribution is 2.36. The lowest BCUT2D eigenvalue weighted by atomic mass is 10.1. The maximum atomic E-state index is 12.7. The molecule has 0 fully saturated rings. The van der Waals surface area contributed by atoms with Gasteiger partial charge in [0.05, 0.1) is 27.0 Å². The molecule has 136 valence electrons. The number of nitrogens with zero attached hydrogens (tertiary/aromatic N) is 3. The molecule has 0 aliphatic rings. The summed E-state index contributed by atoms with van der Waals surface area (Å²) in [6.07, 6.45) is 0. The number of hydrogen-bond acceptors (Lipinski definition) is 6. The van der Waals surface area contributed by atoms with E-state index in [-0.39, 0.29) is 5.91 Å². The van der Waals surface area contributed by atoms with Crippen LogP contribution in [0.15, 0.2) is 60.7 Å². The molecule has 1 N–H and O–H groups in total. The number of para-hydroxylation sites is 1. The first kappa shape index (κ1) is 17.2. The SMILES string of the molecule is O=C(Nc1ccc(Cl)c(-c2nc3ccccc3s2)c1)c1ccc2nsnc2c1. The number of nitrogens with one attached hydrogen (secondary N) is 1. The second kappa shape index (κ2) is 6.94. The number of amides is 1. The van der Waals surface area contributed by atoms with Crippen molar-refractivity contribution < 1.29 is 4.79 Å². The van der Waals surface area contributed by atoms with Crippen LogP contribution < -0.4 is 5.32 Å². The van der Waals surface area contributed by atoms with E-state index in [2.05, 4.69) is 19.0 Å². The van der Waals surface area contributed by atoms with Crippen molar-refractivity contribution in [1.82, 2.24) is 13.7 Å². The second-order valence-corrected chi connectivity index (χ2v) is 8.07. The number of carbonyl (C=O) groups is 1. The molecule has 0 saturated heterocycles. The molecule has 8 heteroatoms. The molecule has 0 aliphatic heterocycles. The zero-order chi connectivity index (χ0) is 19.1. The van der Waals surface area contributed by atoms with Crippen molar-refractivity contribution in [2.24, 2.45) is 0 Å². The number of halogens is 1. The molecule has 5 aromatic rings. The molecule has 0 bridgehead atoms. The number of thiazole rings is 1. The maximum Gasteiger partial charge on any atom is 0.255 e. The van der Waals surface area contributed by atoms with E-state index in [1.165, 1.54) is 0 Å². The third-order valence-electron chi connectivity index (χ3n) is 4.26. The first-order chi connectivity index (χ1) is 13.7. The molecule has 2 heterocycles. The minimum Gasteiger partial charge on any atom is -0.322 e.